The number of alkyl halides is 3. The molecule has 0 saturated carbocycles. The van der Waals surface area contributed by atoms with E-state index in [9.17, 15) is 13.2 Å². The van der Waals surface area contributed by atoms with Gasteiger partial charge in [-0.25, -0.2) is 4.98 Å². The first kappa shape index (κ1) is 18.1. The Hall–Kier alpha value is -1.71. The number of fused-ring (bicyclic) bond motifs is 1. The molecular formula is C16H17F3N4S2. The molecule has 1 atom stereocenters. The predicted octanol–water partition coefficient (Wildman–Crippen LogP) is 3.50. The van der Waals surface area contributed by atoms with Crippen molar-refractivity contribution in [1.29, 1.82) is 0 Å². The molecule has 25 heavy (non-hydrogen) atoms. The Morgan fingerprint density at radius 3 is 2.76 bits per heavy atom. The van der Waals surface area contributed by atoms with E-state index in [0.717, 1.165) is 20.1 Å². The molecule has 1 aliphatic rings. The van der Waals surface area contributed by atoms with Crippen LogP contribution in [0.3, 0.4) is 0 Å². The van der Waals surface area contributed by atoms with Crippen LogP contribution in [0.1, 0.15) is 12.0 Å². The van der Waals surface area contributed by atoms with E-state index in [2.05, 4.69) is 10.3 Å². The molecule has 0 spiro atoms. The topological polar surface area (TPSA) is 77.0 Å². The molecule has 0 bridgehead atoms. The predicted molar refractivity (Wildman–Crippen MR) is 96.2 cm³/mol. The maximum atomic E-state index is 12.5. The van der Waals surface area contributed by atoms with Gasteiger partial charge in [-0.15, -0.1) is 11.3 Å². The largest absolute Gasteiger partial charge is 0.399 e. The van der Waals surface area contributed by atoms with Crippen molar-refractivity contribution in [2.45, 2.75) is 29.0 Å². The van der Waals surface area contributed by atoms with Gasteiger partial charge < -0.3 is 16.8 Å². The molecule has 1 aliphatic heterocycles. The number of nitrogens with one attached hydrogen (secondary N) is 1. The summed E-state index contributed by atoms with van der Waals surface area (Å²) in [5, 5.41) is 2.84. The van der Waals surface area contributed by atoms with Crippen LogP contribution < -0.4 is 16.8 Å². The van der Waals surface area contributed by atoms with Gasteiger partial charge >= 0.3 is 6.18 Å². The maximum absolute atomic E-state index is 12.5. The average Bonchev–Trinajstić information content (AvgIpc) is 2.92. The summed E-state index contributed by atoms with van der Waals surface area (Å²) in [6.07, 6.45) is -0.405. The lowest BCUT2D eigenvalue weighted by Crippen LogP contribution is -2.58. The number of halogens is 3. The Morgan fingerprint density at radius 2 is 2.12 bits per heavy atom. The van der Waals surface area contributed by atoms with E-state index in [1.165, 1.54) is 12.3 Å². The second-order valence-electron chi connectivity index (χ2n) is 5.89. The van der Waals surface area contributed by atoms with Crippen molar-refractivity contribution in [2.24, 2.45) is 11.5 Å². The highest BCUT2D eigenvalue weighted by molar-refractivity contribution is 8.00. The van der Waals surface area contributed by atoms with Gasteiger partial charge in [0, 0.05) is 18.3 Å². The van der Waals surface area contributed by atoms with Crippen LogP contribution in [0.4, 0.5) is 13.2 Å². The van der Waals surface area contributed by atoms with Crippen LogP contribution in [0.2, 0.25) is 0 Å². The Balaban J connectivity index is 1.79. The summed E-state index contributed by atoms with van der Waals surface area (Å²) in [6, 6.07) is 5.81. The first-order chi connectivity index (χ1) is 11.7. The van der Waals surface area contributed by atoms with Gasteiger partial charge in [-0.3, -0.25) is 0 Å². The SMILES string of the molecule is CSc1nc2ccc(CC3(N)NC=C(CC(F)(F)F)C=C3N)cc2s1. The fourth-order valence-electron chi connectivity index (χ4n) is 2.63. The highest BCUT2D eigenvalue weighted by Crippen LogP contribution is 2.31. The average molecular weight is 386 g/mol. The molecule has 134 valence electrons. The number of dihydropyridines is 1. The molecule has 0 radical (unpaired) electrons. The van der Waals surface area contributed by atoms with Crippen molar-refractivity contribution >= 4 is 33.3 Å². The summed E-state index contributed by atoms with van der Waals surface area (Å²) in [7, 11) is 0. The summed E-state index contributed by atoms with van der Waals surface area (Å²) >= 11 is 3.17. The Morgan fingerprint density at radius 1 is 1.36 bits per heavy atom. The van der Waals surface area contributed by atoms with Crippen molar-refractivity contribution < 1.29 is 13.2 Å². The molecule has 0 saturated heterocycles. The first-order valence-electron chi connectivity index (χ1n) is 7.42. The van der Waals surface area contributed by atoms with Crippen molar-refractivity contribution in [3.05, 3.63) is 47.3 Å². The minimum absolute atomic E-state index is 0.0635. The normalized spacial score (nSPS) is 21.0. The fraction of sp³-hybridized carbons (Fsp3) is 0.312. The number of nitrogens with two attached hydrogens (primary N) is 2. The van der Waals surface area contributed by atoms with Gasteiger partial charge in [-0.05, 0) is 35.6 Å². The smallest absolute Gasteiger partial charge is 0.393 e. The Bertz CT molecular complexity index is 857. The zero-order valence-electron chi connectivity index (χ0n) is 13.4. The second-order valence-corrected chi connectivity index (χ2v) is 7.97. The van der Waals surface area contributed by atoms with Gasteiger partial charge in [0.1, 0.15) is 5.66 Å². The van der Waals surface area contributed by atoms with E-state index in [1.807, 2.05) is 24.5 Å². The maximum Gasteiger partial charge on any atom is 0.393 e. The molecule has 4 nitrogen and oxygen atoms in total. The third kappa shape index (κ3) is 4.10. The molecule has 2 heterocycles. The number of hydrogen-bond donors (Lipinski definition) is 3. The zero-order chi connectivity index (χ0) is 18.2. The number of benzene rings is 1. The van der Waals surface area contributed by atoms with Crippen molar-refractivity contribution in [1.82, 2.24) is 10.3 Å². The molecule has 2 aromatic rings. The van der Waals surface area contributed by atoms with Crippen LogP contribution in [-0.2, 0) is 6.42 Å². The summed E-state index contributed by atoms with van der Waals surface area (Å²) in [5.41, 5.74) is 13.2. The van der Waals surface area contributed by atoms with Crippen LogP contribution in [0.15, 0.2) is 46.1 Å². The van der Waals surface area contributed by atoms with Gasteiger partial charge in [-0.2, -0.15) is 13.2 Å². The van der Waals surface area contributed by atoms with Crippen LogP contribution in [0.25, 0.3) is 10.2 Å². The van der Waals surface area contributed by atoms with Gasteiger partial charge in [0.15, 0.2) is 4.34 Å². The molecule has 3 rings (SSSR count). The molecular weight excluding hydrogens is 369 g/mol. The number of thioether (sulfide) groups is 1. The van der Waals surface area contributed by atoms with Crippen molar-refractivity contribution in [2.75, 3.05) is 6.26 Å². The fourth-order valence-corrected chi connectivity index (χ4v) is 4.18. The lowest BCUT2D eigenvalue weighted by Gasteiger charge is -2.34. The number of thiazole rings is 1. The van der Waals surface area contributed by atoms with E-state index in [-0.39, 0.29) is 11.3 Å². The van der Waals surface area contributed by atoms with Crippen LogP contribution in [0.5, 0.6) is 0 Å². The zero-order valence-corrected chi connectivity index (χ0v) is 15.0. The van der Waals surface area contributed by atoms with E-state index in [4.69, 9.17) is 11.5 Å². The van der Waals surface area contributed by atoms with E-state index >= 15 is 0 Å². The molecule has 0 aliphatic carbocycles. The molecule has 9 heteroatoms. The first-order valence-corrected chi connectivity index (χ1v) is 9.46. The van der Waals surface area contributed by atoms with Crippen molar-refractivity contribution in [3.8, 4) is 0 Å². The quantitative estimate of drug-likeness (QED) is 0.701. The number of rotatable bonds is 4. The lowest BCUT2D eigenvalue weighted by molar-refractivity contribution is -0.126. The standard InChI is InChI=1S/C16H17F3N4S2/c1-24-14-23-11-3-2-9(4-12(11)25-14)6-15(21)13(20)5-10(8-22-15)7-16(17,18)19/h2-5,8,22H,6-7,20-21H2,1H3. The number of nitrogens with zero attached hydrogens (tertiary/aromatic N) is 1. The van der Waals surface area contributed by atoms with E-state index in [0.29, 0.717) is 6.42 Å². The minimum atomic E-state index is -4.29. The lowest BCUT2D eigenvalue weighted by atomic mass is 9.93. The molecule has 1 aromatic heterocycles. The van der Waals surface area contributed by atoms with Crippen LogP contribution in [0, 0.1) is 0 Å². The summed E-state index contributed by atoms with van der Waals surface area (Å²) in [4.78, 5) is 4.48. The van der Waals surface area contributed by atoms with E-state index in [1.54, 1.807) is 23.1 Å². The highest BCUT2D eigenvalue weighted by Gasteiger charge is 2.34. The minimum Gasteiger partial charge on any atom is -0.399 e. The number of aromatic nitrogens is 1. The summed E-state index contributed by atoms with van der Waals surface area (Å²) < 4.78 is 39.5. The van der Waals surface area contributed by atoms with Crippen molar-refractivity contribution in [3.63, 3.8) is 0 Å². The molecule has 0 fully saturated rings. The van der Waals surface area contributed by atoms with Gasteiger partial charge in [0.05, 0.1) is 16.6 Å². The third-order valence-corrected chi connectivity index (χ3v) is 5.87. The van der Waals surface area contributed by atoms with Gasteiger partial charge in [0.25, 0.3) is 0 Å². The Kier molecular flexibility index (Phi) is 4.74. The van der Waals surface area contributed by atoms with Crippen LogP contribution >= 0.6 is 23.1 Å². The van der Waals surface area contributed by atoms with Crippen LogP contribution in [-0.4, -0.2) is 23.1 Å². The second kappa shape index (κ2) is 6.54. The molecule has 5 N–H and O–H groups in total. The third-order valence-electron chi connectivity index (χ3n) is 3.87. The molecule has 1 aromatic carbocycles. The summed E-state index contributed by atoms with van der Waals surface area (Å²) in [6.45, 7) is 0. The van der Waals surface area contributed by atoms with Gasteiger partial charge in [0.2, 0.25) is 0 Å². The number of hydrogen-bond acceptors (Lipinski definition) is 6. The highest BCUT2D eigenvalue weighted by atomic mass is 32.2. The van der Waals surface area contributed by atoms with Gasteiger partial charge in [-0.1, -0.05) is 17.8 Å². The monoisotopic (exact) mass is 386 g/mol. The Labute approximate surface area is 151 Å². The summed E-state index contributed by atoms with van der Waals surface area (Å²) in [5.74, 6) is 0. The van der Waals surface area contributed by atoms with E-state index < -0.39 is 18.3 Å². The molecule has 0 amide bonds. The molecule has 1 unspecified atom stereocenters. The number of allylic oxidation sites excluding steroid dienone is 2.